The molecular weight excluding hydrogens is 380 g/mol. The number of thiophene rings is 1. The van der Waals surface area contributed by atoms with E-state index in [-0.39, 0.29) is 5.25 Å². The third-order valence-electron chi connectivity index (χ3n) is 3.31. The zero-order valence-electron chi connectivity index (χ0n) is 12.9. The summed E-state index contributed by atoms with van der Waals surface area (Å²) >= 11 is 8.93. The molecule has 0 aliphatic heterocycles. The molecule has 0 unspecified atom stereocenters. The lowest BCUT2D eigenvalue weighted by atomic mass is 10.3. The Balaban J connectivity index is 1.55. The molecule has 0 saturated carbocycles. The van der Waals surface area contributed by atoms with Crippen LogP contribution in [0.3, 0.4) is 0 Å². The lowest BCUT2D eigenvalue weighted by molar-refractivity contribution is 0.510. The van der Waals surface area contributed by atoms with Crippen LogP contribution >= 0.6 is 34.7 Å². The van der Waals surface area contributed by atoms with E-state index in [9.17, 15) is 0 Å². The monoisotopic (exact) mass is 390 g/mol. The molecule has 0 bridgehead atoms. The Hall–Kier alpha value is -2.23. The third kappa shape index (κ3) is 3.44. The van der Waals surface area contributed by atoms with Crippen molar-refractivity contribution in [2.24, 2.45) is 0 Å². The average molecular weight is 391 g/mol. The van der Waals surface area contributed by atoms with Crippen molar-refractivity contribution in [1.29, 1.82) is 0 Å². The van der Waals surface area contributed by atoms with Crippen LogP contribution in [0.1, 0.15) is 18.1 Å². The molecule has 126 valence electrons. The van der Waals surface area contributed by atoms with Gasteiger partial charge in [-0.15, -0.1) is 26.6 Å². The van der Waals surface area contributed by atoms with E-state index in [1.165, 1.54) is 11.8 Å². The van der Waals surface area contributed by atoms with Crippen LogP contribution in [0, 0.1) is 0 Å². The molecule has 25 heavy (non-hydrogen) atoms. The lowest BCUT2D eigenvalue weighted by Gasteiger charge is -2.07. The molecule has 0 amide bonds. The minimum atomic E-state index is -0.0988. The van der Waals surface area contributed by atoms with E-state index >= 15 is 0 Å². The average Bonchev–Trinajstić information content (AvgIpc) is 3.36. The Labute approximate surface area is 156 Å². The highest BCUT2D eigenvalue weighted by Gasteiger charge is 2.20. The van der Waals surface area contributed by atoms with Crippen LogP contribution in [0.25, 0.3) is 16.5 Å². The van der Waals surface area contributed by atoms with E-state index in [2.05, 4.69) is 25.7 Å². The van der Waals surface area contributed by atoms with Gasteiger partial charge in [0.2, 0.25) is 11.0 Å². The van der Waals surface area contributed by atoms with Gasteiger partial charge in [0.1, 0.15) is 0 Å². The van der Waals surface area contributed by atoms with Gasteiger partial charge >= 0.3 is 0 Å². The summed E-state index contributed by atoms with van der Waals surface area (Å²) in [5.74, 6) is 1.05. The highest BCUT2D eigenvalue weighted by atomic mass is 35.5. The van der Waals surface area contributed by atoms with Gasteiger partial charge in [0.05, 0.1) is 15.8 Å². The number of hydrogen-bond donors (Lipinski definition) is 0. The van der Waals surface area contributed by atoms with Crippen molar-refractivity contribution in [3.63, 3.8) is 0 Å². The highest BCUT2D eigenvalue weighted by Crippen LogP contribution is 2.35. The van der Waals surface area contributed by atoms with Crippen LogP contribution in [0.5, 0.6) is 0 Å². The fourth-order valence-electron chi connectivity index (χ4n) is 2.10. The number of tetrazole rings is 1. The van der Waals surface area contributed by atoms with Crippen molar-refractivity contribution in [2.75, 3.05) is 0 Å². The molecule has 0 N–H and O–H groups in total. The molecule has 0 radical (unpaired) electrons. The molecule has 7 nitrogen and oxygen atoms in total. The summed E-state index contributed by atoms with van der Waals surface area (Å²) in [5.41, 5.74) is 0.828. The molecule has 0 aliphatic carbocycles. The predicted molar refractivity (Wildman–Crippen MR) is 96.0 cm³/mol. The second kappa shape index (κ2) is 6.95. The van der Waals surface area contributed by atoms with Gasteiger partial charge in [-0.2, -0.15) is 4.68 Å². The van der Waals surface area contributed by atoms with E-state index in [1.807, 2.05) is 36.6 Å². The molecule has 3 aromatic heterocycles. The van der Waals surface area contributed by atoms with Gasteiger partial charge in [-0.3, -0.25) is 0 Å². The minimum absolute atomic E-state index is 0.0988. The first-order chi connectivity index (χ1) is 12.2. The number of rotatable bonds is 5. The van der Waals surface area contributed by atoms with Crippen molar-refractivity contribution in [1.82, 2.24) is 30.4 Å². The van der Waals surface area contributed by atoms with Crippen LogP contribution in [0.15, 0.2) is 51.4 Å². The van der Waals surface area contributed by atoms with Gasteiger partial charge in [-0.1, -0.05) is 29.4 Å². The van der Waals surface area contributed by atoms with E-state index < -0.39 is 0 Å². The van der Waals surface area contributed by atoms with Crippen LogP contribution in [0.2, 0.25) is 5.02 Å². The summed E-state index contributed by atoms with van der Waals surface area (Å²) in [7, 11) is 0. The Morgan fingerprint density at radius 1 is 1.16 bits per heavy atom. The third-order valence-corrected chi connectivity index (χ3v) is 5.45. The van der Waals surface area contributed by atoms with Crippen molar-refractivity contribution in [3.8, 4) is 16.5 Å². The molecule has 0 fully saturated rings. The summed E-state index contributed by atoms with van der Waals surface area (Å²) in [6.45, 7) is 1.97. The van der Waals surface area contributed by atoms with Crippen LogP contribution < -0.4 is 0 Å². The quantitative estimate of drug-likeness (QED) is 0.470. The Bertz CT molecular complexity index is 966. The SMILES string of the molecule is C[C@@H](Sc1nnnn1-c1ccc(Cl)cc1)c1nnc(-c2cccs2)o1. The summed E-state index contributed by atoms with van der Waals surface area (Å²) < 4.78 is 7.42. The van der Waals surface area contributed by atoms with Gasteiger partial charge in [-0.05, 0) is 53.1 Å². The van der Waals surface area contributed by atoms with Gasteiger partial charge < -0.3 is 4.42 Å². The van der Waals surface area contributed by atoms with Gasteiger partial charge in [0.25, 0.3) is 5.89 Å². The van der Waals surface area contributed by atoms with Crippen LogP contribution in [-0.2, 0) is 0 Å². The zero-order valence-corrected chi connectivity index (χ0v) is 15.3. The molecule has 0 spiro atoms. The normalized spacial score (nSPS) is 12.4. The topological polar surface area (TPSA) is 82.5 Å². The van der Waals surface area contributed by atoms with E-state index in [0.29, 0.717) is 22.0 Å². The molecular formula is C15H11ClN6OS2. The first-order valence-electron chi connectivity index (χ1n) is 7.29. The first kappa shape index (κ1) is 16.2. The molecule has 3 heterocycles. The molecule has 0 saturated heterocycles. The first-order valence-corrected chi connectivity index (χ1v) is 9.42. The number of hydrogen-bond acceptors (Lipinski definition) is 8. The smallest absolute Gasteiger partial charge is 0.257 e. The largest absolute Gasteiger partial charge is 0.419 e. The Morgan fingerprint density at radius 3 is 2.76 bits per heavy atom. The molecule has 4 aromatic rings. The number of benzene rings is 1. The summed E-state index contributed by atoms with van der Waals surface area (Å²) in [6.07, 6.45) is 0. The van der Waals surface area contributed by atoms with Crippen LogP contribution in [0.4, 0.5) is 0 Å². The van der Waals surface area contributed by atoms with Crippen molar-refractivity contribution < 1.29 is 4.42 Å². The minimum Gasteiger partial charge on any atom is -0.419 e. The summed E-state index contributed by atoms with van der Waals surface area (Å²) in [6, 6.07) is 11.2. The maximum Gasteiger partial charge on any atom is 0.257 e. The maximum absolute atomic E-state index is 5.93. The van der Waals surface area contributed by atoms with Crippen molar-refractivity contribution >= 4 is 34.7 Å². The molecule has 1 aromatic carbocycles. The number of aromatic nitrogens is 6. The number of nitrogens with zero attached hydrogens (tertiary/aromatic N) is 6. The predicted octanol–water partition coefficient (Wildman–Crippen LogP) is 4.28. The molecule has 4 rings (SSSR count). The Morgan fingerprint density at radius 2 is 2.00 bits per heavy atom. The standard InChI is InChI=1S/C15H11ClN6OS2/c1-9(13-17-18-14(23-13)12-3-2-8-24-12)25-15-19-20-21-22(15)11-6-4-10(16)5-7-11/h2-9H,1H3/t9-/m1/s1. The number of halogens is 1. The zero-order chi connectivity index (χ0) is 17.2. The maximum atomic E-state index is 5.93. The van der Waals surface area contributed by atoms with E-state index in [0.717, 1.165) is 10.6 Å². The second-order valence-corrected chi connectivity index (χ2v) is 7.72. The van der Waals surface area contributed by atoms with E-state index in [1.54, 1.807) is 28.2 Å². The van der Waals surface area contributed by atoms with Crippen molar-refractivity contribution in [2.45, 2.75) is 17.3 Å². The fourth-order valence-corrected chi connectivity index (χ4v) is 3.71. The lowest BCUT2D eigenvalue weighted by Crippen LogP contribution is -2.00. The summed E-state index contributed by atoms with van der Waals surface area (Å²) in [4.78, 5) is 0.946. The van der Waals surface area contributed by atoms with E-state index in [4.69, 9.17) is 16.0 Å². The molecule has 10 heteroatoms. The Kier molecular flexibility index (Phi) is 4.51. The highest BCUT2D eigenvalue weighted by molar-refractivity contribution is 7.99. The molecule has 0 aliphatic rings. The fraction of sp³-hybridized carbons (Fsp3) is 0.133. The van der Waals surface area contributed by atoms with Gasteiger partial charge in [0, 0.05) is 5.02 Å². The van der Waals surface area contributed by atoms with Gasteiger partial charge in [-0.25, -0.2) is 0 Å². The summed E-state index contributed by atoms with van der Waals surface area (Å²) in [5, 5.41) is 23.3. The van der Waals surface area contributed by atoms with Crippen molar-refractivity contribution in [3.05, 3.63) is 52.7 Å². The van der Waals surface area contributed by atoms with Crippen LogP contribution in [-0.4, -0.2) is 30.4 Å². The number of thioether (sulfide) groups is 1. The second-order valence-electron chi connectivity index (χ2n) is 5.03. The van der Waals surface area contributed by atoms with Gasteiger partial charge in [0.15, 0.2) is 0 Å². The molecule has 1 atom stereocenters.